The fourth-order valence-electron chi connectivity index (χ4n) is 2.36. The van der Waals surface area contributed by atoms with Crippen LogP contribution in [0.2, 0.25) is 0 Å². The molecule has 3 heteroatoms. The van der Waals surface area contributed by atoms with Gasteiger partial charge in [0, 0.05) is 18.0 Å². The van der Waals surface area contributed by atoms with Crippen molar-refractivity contribution in [2.24, 2.45) is 0 Å². The molecule has 1 aromatic heterocycles. The van der Waals surface area contributed by atoms with E-state index in [1.165, 1.54) is 7.11 Å². The van der Waals surface area contributed by atoms with Crippen molar-refractivity contribution in [2.75, 3.05) is 7.11 Å². The van der Waals surface area contributed by atoms with E-state index in [1.54, 1.807) is 18.5 Å². The summed E-state index contributed by atoms with van der Waals surface area (Å²) < 4.78 is 4.84. The van der Waals surface area contributed by atoms with E-state index in [4.69, 9.17) is 4.74 Å². The van der Waals surface area contributed by atoms with Crippen LogP contribution in [0.15, 0.2) is 60.9 Å². The lowest BCUT2D eigenvalue weighted by molar-refractivity contribution is 0.0601. The van der Waals surface area contributed by atoms with Crippen molar-refractivity contribution in [2.45, 2.75) is 0 Å². The molecular formula is C17H13NO2. The number of hydrogen-bond acceptors (Lipinski definition) is 3. The smallest absolute Gasteiger partial charge is 0.338 e. The van der Waals surface area contributed by atoms with Crippen molar-refractivity contribution in [3.63, 3.8) is 0 Å². The Kier molecular flexibility index (Phi) is 3.17. The Morgan fingerprint density at radius 3 is 2.65 bits per heavy atom. The lowest BCUT2D eigenvalue weighted by Crippen LogP contribution is -2.04. The minimum atomic E-state index is -0.352. The van der Waals surface area contributed by atoms with E-state index in [-0.39, 0.29) is 5.97 Å². The molecule has 98 valence electrons. The van der Waals surface area contributed by atoms with E-state index in [1.807, 2.05) is 42.5 Å². The standard InChI is InChI=1S/C17H13NO2/c1-20-17(19)15-9-10-18-11-16(15)14-8-4-6-12-5-2-3-7-13(12)14/h2-11H,1H3. The van der Waals surface area contributed by atoms with Gasteiger partial charge in [0.25, 0.3) is 0 Å². The third kappa shape index (κ3) is 2.03. The minimum absolute atomic E-state index is 0.352. The average molecular weight is 263 g/mol. The maximum Gasteiger partial charge on any atom is 0.338 e. The fraction of sp³-hybridized carbons (Fsp3) is 0.0588. The zero-order chi connectivity index (χ0) is 13.9. The van der Waals surface area contributed by atoms with Gasteiger partial charge in [0.2, 0.25) is 0 Å². The summed E-state index contributed by atoms with van der Waals surface area (Å²) in [7, 11) is 1.38. The Balaban J connectivity index is 2.29. The van der Waals surface area contributed by atoms with Crippen molar-refractivity contribution in [3.8, 4) is 11.1 Å². The first-order valence-electron chi connectivity index (χ1n) is 6.31. The van der Waals surface area contributed by atoms with Gasteiger partial charge in [-0.2, -0.15) is 0 Å². The molecule has 0 saturated carbocycles. The van der Waals surface area contributed by atoms with Crippen LogP contribution in [0.4, 0.5) is 0 Å². The molecule has 0 amide bonds. The Morgan fingerprint density at radius 2 is 1.80 bits per heavy atom. The molecule has 0 radical (unpaired) electrons. The van der Waals surface area contributed by atoms with Crippen LogP contribution >= 0.6 is 0 Å². The number of fused-ring (bicyclic) bond motifs is 1. The number of carbonyl (C=O) groups is 1. The second-order valence-electron chi connectivity index (χ2n) is 4.44. The molecule has 0 aliphatic heterocycles. The topological polar surface area (TPSA) is 39.2 Å². The summed E-state index contributed by atoms with van der Waals surface area (Å²) in [5.74, 6) is -0.352. The van der Waals surface area contributed by atoms with Crippen LogP contribution in [0.5, 0.6) is 0 Å². The van der Waals surface area contributed by atoms with Crippen LogP contribution in [0.1, 0.15) is 10.4 Å². The quantitative estimate of drug-likeness (QED) is 0.662. The van der Waals surface area contributed by atoms with E-state index in [0.29, 0.717) is 5.56 Å². The van der Waals surface area contributed by atoms with E-state index in [2.05, 4.69) is 4.98 Å². The molecule has 0 bridgehead atoms. The number of carbonyl (C=O) groups excluding carboxylic acids is 1. The molecule has 0 unspecified atom stereocenters. The predicted molar refractivity (Wildman–Crippen MR) is 78.5 cm³/mol. The molecule has 0 atom stereocenters. The lowest BCUT2D eigenvalue weighted by atomic mass is 9.96. The van der Waals surface area contributed by atoms with Crippen LogP contribution in [-0.2, 0) is 4.74 Å². The summed E-state index contributed by atoms with van der Waals surface area (Å²) in [6.07, 6.45) is 3.30. The number of aromatic nitrogens is 1. The number of rotatable bonds is 2. The highest BCUT2D eigenvalue weighted by Gasteiger charge is 2.14. The Bertz CT molecular complexity index is 775. The molecule has 0 fully saturated rings. The molecule has 0 aliphatic carbocycles. The first-order chi connectivity index (χ1) is 9.81. The summed E-state index contributed by atoms with van der Waals surface area (Å²) in [5, 5.41) is 2.22. The number of nitrogens with zero attached hydrogens (tertiary/aromatic N) is 1. The Morgan fingerprint density at radius 1 is 1.00 bits per heavy atom. The summed E-state index contributed by atoms with van der Waals surface area (Å²) in [6, 6.07) is 15.8. The molecule has 0 saturated heterocycles. The van der Waals surface area contributed by atoms with Crippen molar-refractivity contribution >= 4 is 16.7 Å². The van der Waals surface area contributed by atoms with Gasteiger partial charge >= 0.3 is 5.97 Å². The van der Waals surface area contributed by atoms with Crippen molar-refractivity contribution in [3.05, 3.63) is 66.5 Å². The van der Waals surface area contributed by atoms with E-state index in [9.17, 15) is 4.79 Å². The minimum Gasteiger partial charge on any atom is -0.465 e. The number of benzene rings is 2. The van der Waals surface area contributed by atoms with Gasteiger partial charge in [0.15, 0.2) is 0 Å². The molecule has 3 aromatic rings. The van der Waals surface area contributed by atoms with E-state index >= 15 is 0 Å². The van der Waals surface area contributed by atoms with E-state index in [0.717, 1.165) is 21.9 Å². The molecule has 3 nitrogen and oxygen atoms in total. The van der Waals surface area contributed by atoms with Gasteiger partial charge in [-0.15, -0.1) is 0 Å². The summed E-state index contributed by atoms with van der Waals surface area (Å²) in [6.45, 7) is 0. The van der Waals surface area contributed by atoms with Crippen LogP contribution in [0.3, 0.4) is 0 Å². The zero-order valence-corrected chi connectivity index (χ0v) is 11.0. The highest BCUT2D eigenvalue weighted by Crippen LogP contribution is 2.30. The second kappa shape index (κ2) is 5.13. The maximum atomic E-state index is 11.9. The van der Waals surface area contributed by atoms with Crippen LogP contribution in [0.25, 0.3) is 21.9 Å². The normalized spacial score (nSPS) is 10.4. The maximum absolute atomic E-state index is 11.9. The Hall–Kier alpha value is -2.68. The SMILES string of the molecule is COC(=O)c1ccncc1-c1cccc2ccccc12. The largest absolute Gasteiger partial charge is 0.465 e. The lowest BCUT2D eigenvalue weighted by Gasteiger charge is -2.10. The molecular weight excluding hydrogens is 250 g/mol. The molecule has 0 aliphatic rings. The summed E-state index contributed by atoms with van der Waals surface area (Å²) in [4.78, 5) is 16.0. The van der Waals surface area contributed by atoms with Gasteiger partial charge in [-0.05, 0) is 22.4 Å². The van der Waals surface area contributed by atoms with Gasteiger partial charge < -0.3 is 4.74 Å². The number of pyridine rings is 1. The van der Waals surface area contributed by atoms with Crippen LogP contribution in [0, 0.1) is 0 Å². The first kappa shape index (κ1) is 12.4. The molecule has 3 rings (SSSR count). The highest BCUT2D eigenvalue weighted by atomic mass is 16.5. The zero-order valence-electron chi connectivity index (χ0n) is 11.0. The van der Waals surface area contributed by atoms with E-state index < -0.39 is 0 Å². The van der Waals surface area contributed by atoms with Gasteiger partial charge in [0.05, 0.1) is 12.7 Å². The number of ether oxygens (including phenoxy) is 1. The van der Waals surface area contributed by atoms with Gasteiger partial charge in [-0.3, -0.25) is 4.98 Å². The third-order valence-electron chi connectivity index (χ3n) is 3.31. The third-order valence-corrected chi connectivity index (χ3v) is 3.31. The molecule has 0 N–H and O–H groups in total. The first-order valence-corrected chi connectivity index (χ1v) is 6.31. The van der Waals surface area contributed by atoms with Crippen LogP contribution in [-0.4, -0.2) is 18.1 Å². The number of hydrogen-bond donors (Lipinski definition) is 0. The van der Waals surface area contributed by atoms with Crippen LogP contribution < -0.4 is 0 Å². The van der Waals surface area contributed by atoms with Gasteiger partial charge in [0.1, 0.15) is 0 Å². The monoisotopic (exact) mass is 263 g/mol. The van der Waals surface area contributed by atoms with Crippen molar-refractivity contribution in [1.29, 1.82) is 0 Å². The van der Waals surface area contributed by atoms with Crippen molar-refractivity contribution in [1.82, 2.24) is 4.98 Å². The fourth-order valence-corrected chi connectivity index (χ4v) is 2.36. The molecule has 1 heterocycles. The Labute approximate surface area is 116 Å². The second-order valence-corrected chi connectivity index (χ2v) is 4.44. The van der Waals surface area contributed by atoms with Gasteiger partial charge in [-0.1, -0.05) is 42.5 Å². The van der Waals surface area contributed by atoms with Gasteiger partial charge in [-0.25, -0.2) is 4.79 Å². The summed E-state index contributed by atoms with van der Waals surface area (Å²) in [5.41, 5.74) is 2.30. The number of methoxy groups -OCH3 is 1. The number of esters is 1. The highest BCUT2D eigenvalue weighted by molar-refractivity contribution is 6.03. The predicted octanol–water partition coefficient (Wildman–Crippen LogP) is 3.69. The summed E-state index contributed by atoms with van der Waals surface area (Å²) >= 11 is 0. The van der Waals surface area contributed by atoms with Crippen molar-refractivity contribution < 1.29 is 9.53 Å². The molecule has 2 aromatic carbocycles. The molecule has 0 spiro atoms. The average Bonchev–Trinajstić information content (AvgIpc) is 2.53. The molecule has 20 heavy (non-hydrogen) atoms.